The average molecular weight is 390 g/mol. The van der Waals surface area contributed by atoms with Gasteiger partial charge in [-0.3, -0.25) is 0 Å². The van der Waals surface area contributed by atoms with Gasteiger partial charge in [0.1, 0.15) is 0 Å². The molecule has 3 heterocycles. The third kappa shape index (κ3) is 3.60. The lowest BCUT2D eigenvalue weighted by Gasteiger charge is -2.20. The van der Waals surface area contributed by atoms with Crippen LogP contribution < -0.4 is 15.5 Å². The van der Waals surface area contributed by atoms with Crippen LogP contribution in [0.1, 0.15) is 12.0 Å². The van der Waals surface area contributed by atoms with E-state index in [1.165, 1.54) is 5.56 Å². The molecule has 6 heteroatoms. The van der Waals surface area contributed by atoms with Gasteiger partial charge in [-0.15, -0.1) is 0 Å². The molecular weight excluding hydrogens is 362 g/mol. The molecule has 2 fully saturated rings. The van der Waals surface area contributed by atoms with Crippen LogP contribution in [-0.4, -0.2) is 48.3 Å². The fraction of sp³-hybridized carbons (Fsp3) is 0.391. The molecule has 2 aromatic carbocycles. The molecule has 150 valence electrons. The maximum atomic E-state index is 13.1. The molecule has 2 N–H and O–H groups in total. The zero-order valence-electron chi connectivity index (χ0n) is 16.6. The number of nitrogens with one attached hydrogen (secondary N) is 2. The first-order chi connectivity index (χ1) is 14.3. The minimum Gasteiger partial charge on any atom is -0.341 e. The van der Waals surface area contributed by atoms with E-state index >= 15 is 0 Å². The number of rotatable bonds is 5. The molecule has 2 unspecified atom stereocenters. The molecule has 29 heavy (non-hydrogen) atoms. The van der Waals surface area contributed by atoms with E-state index in [9.17, 15) is 4.79 Å². The van der Waals surface area contributed by atoms with Crippen LogP contribution in [0.25, 0.3) is 11.0 Å². The van der Waals surface area contributed by atoms with E-state index in [-0.39, 0.29) is 6.03 Å². The van der Waals surface area contributed by atoms with Crippen molar-refractivity contribution < 1.29 is 4.79 Å². The number of imidazole rings is 1. The number of para-hydroxylation sites is 2. The molecule has 2 aliphatic heterocycles. The van der Waals surface area contributed by atoms with Crippen molar-refractivity contribution in [1.29, 1.82) is 0 Å². The molecule has 3 aromatic rings. The van der Waals surface area contributed by atoms with Gasteiger partial charge in [0.05, 0.1) is 11.0 Å². The van der Waals surface area contributed by atoms with Gasteiger partial charge in [0.2, 0.25) is 5.95 Å². The van der Waals surface area contributed by atoms with Crippen molar-refractivity contribution in [2.45, 2.75) is 12.8 Å². The number of benzene rings is 2. The Bertz CT molecular complexity index is 987. The smallest absolute Gasteiger partial charge is 0.328 e. The van der Waals surface area contributed by atoms with Gasteiger partial charge in [0.15, 0.2) is 0 Å². The van der Waals surface area contributed by atoms with Crippen molar-refractivity contribution in [3.05, 3.63) is 60.2 Å². The Morgan fingerprint density at radius 1 is 1.03 bits per heavy atom. The molecule has 0 saturated carbocycles. The molecule has 2 aliphatic rings. The maximum absolute atomic E-state index is 13.1. The summed E-state index contributed by atoms with van der Waals surface area (Å²) in [6, 6.07) is 18.2. The summed E-state index contributed by atoms with van der Waals surface area (Å²) < 4.78 is 1.77. The van der Waals surface area contributed by atoms with Gasteiger partial charge in [-0.2, -0.15) is 0 Å². The fourth-order valence-electron chi connectivity index (χ4n) is 4.66. The van der Waals surface area contributed by atoms with Gasteiger partial charge in [-0.25, -0.2) is 14.3 Å². The first kappa shape index (κ1) is 18.2. The van der Waals surface area contributed by atoms with Crippen molar-refractivity contribution >= 4 is 23.0 Å². The van der Waals surface area contributed by atoms with E-state index in [1.54, 1.807) is 4.57 Å². The first-order valence-electron chi connectivity index (χ1n) is 10.5. The standard InChI is InChI=1S/C23H27N5O/c29-23(25-12-6-9-17-7-2-1-3-8-17)28-21-11-5-4-10-20(21)26-22(28)27-15-18-13-24-14-19(18)16-27/h1-5,7-8,10-11,18-19,24H,6,9,12-16H2,(H,25,29). The zero-order valence-corrected chi connectivity index (χ0v) is 16.6. The highest BCUT2D eigenvalue weighted by Gasteiger charge is 2.38. The highest BCUT2D eigenvalue weighted by Crippen LogP contribution is 2.32. The van der Waals surface area contributed by atoms with Crippen molar-refractivity contribution in [2.24, 2.45) is 11.8 Å². The Hall–Kier alpha value is -2.86. The van der Waals surface area contributed by atoms with E-state index in [1.807, 2.05) is 30.3 Å². The predicted octanol–water partition coefficient (Wildman–Crippen LogP) is 2.88. The molecule has 2 atom stereocenters. The molecule has 1 aromatic heterocycles. The molecule has 2 saturated heterocycles. The third-order valence-corrected chi connectivity index (χ3v) is 6.18. The Morgan fingerprint density at radius 2 is 1.76 bits per heavy atom. The quantitative estimate of drug-likeness (QED) is 0.659. The summed E-state index contributed by atoms with van der Waals surface area (Å²) in [7, 11) is 0. The van der Waals surface area contributed by atoms with E-state index in [0.717, 1.165) is 56.0 Å². The second-order valence-electron chi connectivity index (χ2n) is 8.14. The zero-order chi connectivity index (χ0) is 19.6. The van der Waals surface area contributed by atoms with Crippen LogP contribution in [-0.2, 0) is 6.42 Å². The van der Waals surface area contributed by atoms with Crippen molar-refractivity contribution in [3.63, 3.8) is 0 Å². The van der Waals surface area contributed by atoms with Crippen molar-refractivity contribution in [1.82, 2.24) is 20.2 Å². The highest BCUT2D eigenvalue weighted by atomic mass is 16.2. The maximum Gasteiger partial charge on any atom is 0.328 e. The summed E-state index contributed by atoms with van der Waals surface area (Å²) in [6.07, 6.45) is 1.87. The number of aryl methyl sites for hydroxylation is 1. The van der Waals surface area contributed by atoms with Gasteiger partial charge in [0, 0.05) is 32.7 Å². The lowest BCUT2D eigenvalue weighted by atomic mass is 10.0. The third-order valence-electron chi connectivity index (χ3n) is 6.18. The number of fused-ring (bicyclic) bond motifs is 2. The van der Waals surface area contributed by atoms with Crippen molar-refractivity contribution in [2.75, 3.05) is 37.6 Å². The topological polar surface area (TPSA) is 62.2 Å². The van der Waals surface area contributed by atoms with Gasteiger partial charge in [-0.05, 0) is 42.4 Å². The highest BCUT2D eigenvalue weighted by molar-refractivity contribution is 5.93. The van der Waals surface area contributed by atoms with Crippen LogP contribution >= 0.6 is 0 Å². The summed E-state index contributed by atoms with van der Waals surface area (Å²) in [5.74, 6) is 2.08. The number of hydrogen-bond acceptors (Lipinski definition) is 4. The monoisotopic (exact) mass is 389 g/mol. The van der Waals surface area contributed by atoms with E-state index in [0.29, 0.717) is 18.4 Å². The summed E-state index contributed by atoms with van der Waals surface area (Å²) >= 11 is 0. The van der Waals surface area contributed by atoms with Crippen LogP contribution in [0, 0.1) is 11.8 Å². The Kier molecular flexibility index (Phi) is 4.94. The molecular formula is C23H27N5O. The normalized spacial score (nSPS) is 20.9. The van der Waals surface area contributed by atoms with Crippen LogP contribution in [0.5, 0.6) is 0 Å². The first-order valence-corrected chi connectivity index (χ1v) is 10.5. The van der Waals surface area contributed by atoms with Crippen LogP contribution in [0.15, 0.2) is 54.6 Å². The molecule has 6 nitrogen and oxygen atoms in total. The second-order valence-corrected chi connectivity index (χ2v) is 8.14. The summed E-state index contributed by atoms with van der Waals surface area (Å²) in [5.41, 5.74) is 3.04. The summed E-state index contributed by atoms with van der Waals surface area (Å²) in [4.78, 5) is 20.2. The minimum absolute atomic E-state index is 0.0862. The number of amides is 1. The average Bonchev–Trinajstić information content (AvgIpc) is 3.44. The number of nitrogens with zero attached hydrogens (tertiary/aromatic N) is 3. The fourth-order valence-corrected chi connectivity index (χ4v) is 4.66. The molecule has 5 rings (SSSR count). The van der Waals surface area contributed by atoms with Crippen LogP contribution in [0.3, 0.4) is 0 Å². The molecule has 0 bridgehead atoms. The van der Waals surface area contributed by atoms with Gasteiger partial charge in [-0.1, -0.05) is 42.5 Å². The van der Waals surface area contributed by atoms with Crippen LogP contribution in [0.2, 0.25) is 0 Å². The number of carbonyl (C=O) groups excluding carboxylic acids is 1. The van der Waals surface area contributed by atoms with Gasteiger partial charge in [0.25, 0.3) is 0 Å². The van der Waals surface area contributed by atoms with Gasteiger partial charge >= 0.3 is 6.03 Å². The summed E-state index contributed by atoms with van der Waals surface area (Å²) in [5, 5.41) is 6.58. The van der Waals surface area contributed by atoms with E-state index in [4.69, 9.17) is 4.98 Å². The van der Waals surface area contributed by atoms with E-state index in [2.05, 4.69) is 39.8 Å². The van der Waals surface area contributed by atoms with Gasteiger partial charge < -0.3 is 15.5 Å². The molecule has 0 radical (unpaired) electrons. The molecule has 0 aliphatic carbocycles. The Labute approximate surface area is 170 Å². The lowest BCUT2D eigenvalue weighted by Crippen LogP contribution is -2.34. The van der Waals surface area contributed by atoms with Crippen molar-refractivity contribution in [3.8, 4) is 0 Å². The Balaban J connectivity index is 1.32. The molecule has 1 amide bonds. The number of aromatic nitrogens is 2. The van der Waals surface area contributed by atoms with Crippen LogP contribution in [0.4, 0.5) is 10.7 Å². The SMILES string of the molecule is O=C(NCCCc1ccccc1)n1c(N2CC3CNCC3C2)nc2ccccc21. The Morgan fingerprint density at radius 3 is 2.55 bits per heavy atom. The molecule has 0 spiro atoms. The number of hydrogen-bond donors (Lipinski definition) is 2. The second kappa shape index (κ2) is 7.87. The predicted molar refractivity (Wildman–Crippen MR) is 115 cm³/mol. The largest absolute Gasteiger partial charge is 0.341 e. The van der Waals surface area contributed by atoms with E-state index < -0.39 is 0 Å². The lowest BCUT2D eigenvalue weighted by molar-refractivity contribution is 0.243. The summed E-state index contributed by atoms with van der Waals surface area (Å²) in [6.45, 7) is 4.69. The minimum atomic E-state index is -0.0862. The number of carbonyl (C=O) groups is 1. The number of anilines is 1.